The molecular formula is C14H12N4O4. The van der Waals surface area contributed by atoms with Gasteiger partial charge in [0.05, 0.1) is 13.7 Å². The molecule has 8 heteroatoms. The largest absolute Gasteiger partial charge is 0.497 e. The molecule has 2 N–H and O–H groups in total. The van der Waals surface area contributed by atoms with Gasteiger partial charge in [0.1, 0.15) is 11.8 Å². The number of rotatable bonds is 3. The van der Waals surface area contributed by atoms with Crippen molar-refractivity contribution >= 4 is 17.8 Å². The molecule has 0 bridgehead atoms. The molecule has 112 valence electrons. The first-order chi connectivity index (χ1) is 10.5. The first kappa shape index (κ1) is 13.9. The second-order valence-electron chi connectivity index (χ2n) is 5.11. The SMILES string of the molecule is COc1ccc2c(c1)C(=O)N(C[C@@]1(C#N)NC(=O)NC1=O)C2. The number of amides is 4. The van der Waals surface area contributed by atoms with Crippen LogP contribution in [0.5, 0.6) is 5.75 Å². The third-order valence-electron chi connectivity index (χ3n) is 3.76. The molecule has 1 atom stereocenters. The van der Waals surface area contributed by atoms with Gasteiger partial charge in [0.15, 0.2) is 0 Å². The average molecular weight is 300 g/mol. The molecular weight excluding hydrogens is 288 g/mol. The third kappa shape index (κ3) is 1.95. The summed E-state index contributed by atoms with van der Waals surface area (Å²) in [7, 11) is 1.50. The molecule has 4 amide bonds. The topological polar surface area (TPSA) is 112 Å². The van der Waals surface area contributed by atoms with Crippen LogP contribution in [-0.2, 0) is 11.3 Å². The van der Waals surface area contributed by atoms with Gasteiger partial charge < -0.3 is 15.0 Å². The predicted molar refractivity (Wildman–Crippen MR) is 72.8 cm³/mol. The molecule has 1 fully saturated rings. The van der Waals surface area contributed by atoms with E-state index in [9.17, 15) is 19.6 Å². The fraction of sp³-hybridized carbons (Fsp3) is 0.286. The number of fused-ring (bicyclic) bond motifs is 1. The van der Waals surface area contributed by atoms with E-state index in [2.05, 4.69) is 5.32 Å². The van der Waals surface area contributed by atoms with E-state index in [1.54, 1.807) is 24.3 Å². The van der Waals surface area contributed by atoms with Gasteiger partial charge in [-0.2, -0.15) is 5.26 Å². The fourth-order valence-electron chi connectivity index (χ4n) is 2.60. The van der Waals surface area contributed by atoms with Crippen LogP contribution in [0.4, 0.5) is 4.79 Å². The normalized spacial score (nSPS) is 22.9. The number of imide groups is 1. The Bertz CT molecular complexity index is 739. The maximum Gasteiger partial charge on any atom is 0.323 e. The van der Waals surface area contributed by atoms with E-state index in [0.29, 0.717) is 11.3 Å². The molecule has 0 saturated carbocycles. The third-order valence-corrected chi connectivity index (χ3v) is 3.76. The number of carbonyl (C=O) groups is 3. The Hall–Kier alpha value is -3.08. The Balaban J connectivity index is 1.87. The lowest BCUT2D eigenvalue weighted by Crippen LogP contribution is -2.54. The Morgan fingerprint density at radius 3 is 2.77 bits per heavy atom. The minimum Gasteiger partial charge on any atom is -0.497 e. The van der Waals surface area contributed by atoms with Crippen LogP contribution in [0.2, 0.25) is 0 Å². The van der Waals surface area contributed by atoms with Gasteiger partial charge in [-0.25, -0.2) is 4.79 Å². The second kappa shape index (κ2) is 4.73. The summed E-state index contributed by atoms with van der Waals surface area (Å²) in [4.78, 5) is 36.9. The van der Waals surface area contributed by atoms with Crippen molar-refractivity contribution in [2.45, 2.75) is 12.1 Å². The molecule has 0 aliphatic carbocycles. The molecule has 3 rings (SSSR count). The van der Waals surface area contributed by atoms with Crippen molar-refractivity contribution in [3.05, 3.63) is 29.3 Å². The van der Waals surface area contributed by atoms with Gasteiger partial charge >= 0.3 is 6.03 Å². The number of ether oxygens (including phenoxy) is 1. The zero-order valence-electron chi connectivity index (χ0n) is 11.7. The Kier molecular flexibility index (Phi) is 2.99. The van der Waals surface area contributed by atoms with Crippen LogP contribution >= 0.6 is 0 Å². The Morgan fingerprint density at radius 1 is 1.41 bits per heavy atom. The summed E-state index contributed by atoms with van der Waals surface area (Å²) in [6.07, 6.45) is 0. The highest BCUT2D eigenvalue weighted by Gasteiger charge is 2.49. The summed E-state index contributed by atoms with van der Waals surface area (Å²) in [5.74, 6) is -0.505. The number of hydrogen-bond donors (Lipinski definition) is 2. The van der Waals surface area contributed by atoms with Crippen molar-refractivity contribution in [2.24, 2.45) is 0 Å². The summed E-state index contributed by atoms with van der Waals surface area (Å²) in [5, 5.41) is 13.6. The molecule has 1 aromatic rings. The van der Waals surface area contributed by atoms with E-state index in [-0.39, 0.29) is 19.0 Å². The second-order valence-corrected chi connectivity index (χ2v) is 5.11. The first-order valence-electron chi connectivity index (χ1n) is 6.50. The lowest BCUT2D eigenvalue weighted by atomic mass is 10.0. The smallest absolute Gasteiger partial charge is 0.323 e. The van der Waals surface area contributed by atoms with Crippen LogP contribution in [0.15, 0.2) is 18.2 Å². The zero-order chi connectivity index (χ0) is 15.9. The number of urea groups is 1. The maximum absolute atomic E-state index is 12.4. The number of carbonyl (C=O) groups excluding carboxylic acids is 3. The van der Waals surface area contributed by atoms with Gasteiger partial charge in [0, 0.05) is 12.1 Å². The minimum absolute atomic E-state index is 0.211. The van der Waals surface area contributed by atoms with Gasteiger partial charge in [-0.1, -0.05) is 6.07 Å². The molecule has 2 heterocycles. The maximum atomic E-state index is 12.4. The summed E-state index contributed by atoms with van der Waals surface area (Å²) in [6, 6.07) is 6.17. The van der Waals surface area contributed by atoms with E-state index in [1.807, 2.05) is 5.32 Å². The molecule has 0 radical (unpaired) electrons. The van der Waals surface area contributed by atoms with Gasteiger partial charge in [0.2, 0.25) is 5.54 Å². The highest BCUT2D eigenvalue weighted by atomic mass is 16.5. The molecule has 1 saturated heterocycles. The quantitative estimate of drug-likeness (QED) is 0.748. The molecule has 1 aromatic carbocycles. The van der Waals surface area contributed by atoms with Crippen molar-refractivity contribution in [3.63, 3.8) is 0 Å². The van der Waals surface area contributed by atoms with Crippen molar-refractivity contribution < 1.29 is 19.1 Å². The van der Waals surface area contributed by atoms with Crippen LogP contribution in [0.3, 0.4) is 0 Å². The van der Waals surface area contributed by atoms with Gasteiger partial charge in [0.25, 0.3) is 11.8 Å². The van der Waals surface area contributed by atoms with Crippen molar-refractivity contribution in [3.8, 4) is 11.8 Å². The monoisotopic (exact) mass is 300 g/mol. The predicted octanol–water partition coefficient (Wildman–Crippen LogP) is -0.247. The van der Waals surface area contributed by atoms with Gasteiger partial charge in [-0.15, -0.1) is 0 Å². The highest BCUT2D eigenvalue weighted by Crippen LogP contribution is 2.28. The lowest BCUT2D eigenvalue weighted by molar-refractivity contribution is -0.122. The van der Waals surface area contributed by atoms with Gasteiger partial charge in [-0.3, -0.25) is 14.9 Å². The summed E-state index contributed by atoms with van der Waals surface area (Å²) < 4.78 is 5.08. The van der Waals surface area contributed by atoms with E-state index in [1.165, 1.54) is 12.0 Å². The molecule has 2 aliphatic heterocycles. The molecule has 0 spiro atoms. The van der Waals surface area contributed by atoms with E-state index < -0.39 is 17.5 Å². The standard InChI is InChI=1S/C14H12N4O4/c1-22-9-3-2-8-5-18(11(19)10(8)4-9)7-14(6-15)12(20)16-13(21)17-14/h2-4H,5,7H2,1H3,(H2,16,17,20,21)/t14-/m1/s1. The molecule has 0 unspecified atom stereocenters. The number of nitrogens with zero attached hydrogens (tertiary/aromatic N) is 2. The number of benzene rings is 1. The summed E-state index contributed by atoms with van der Waals surface area (Å²) >= 11 is 0. The lowest BCUT2D eigenvalue weighted by Gasteiger charge is -2.24. The summed E-state index contributed by atoms with van der Waals surface area (Å²) in [6.45, 7) is 0.0572. The van der Waals surface area contributed by atoms with Crippen LogP contribution < -0.4 is 15.4 Å². The fourth-order valence-corrected chi connectivity index (χ4v) is 2.60. The van der Waals surface area contributed by atoms with Crippen LogP contribution in [0.1, 0.15) is 15.9 Å². The van der Waals surface area contributed by atoms with Crippen LogP contribution in [0, 0.1) is 11.3 Å². The highest BCUT2D eigenvalue weighted by molar-refractivity contribution is 6.09. The van der Waals surface area contributed by atoms with Crippen LogP contribution in [0.25, 0.3) is 0 Å². The van der Waals surface area contributed by atoms with Crippen molar-refractivity contribution in [1.29, 1.82) is 5.26 Å². The molecule has 22 heavy (non-hydrogen) atoms. The first-order valence-corrected chi connectivity index (χ1v) is 6.50. The van der Waals surface area contributed by atoms with E-state index in [0.717, 1.165) is 5.56 Å². The van der Waals surface area contributed by atoms with Crippen molar-refractivity contribution in [1.82, 2.24) is 15.5 Å². The number of methoxy groups -OCH3 is 1. The average Bonchev–Trinajstić information content (AvgIpc) is 2.96. The molecule has 2 aliphatic rings. The van der Waals surface area contributed by atoms with E-state index in [4.69, 9.17) is 4.74 Å². The number of nitrogens with one attached hydrogen (secondary N) is 2. The Morgan fingerprint density at radius 2 is 2.18 bits per heavy atom. The molecule has 0 aromatic heterocycles. The Labute approximate surface area is 125 Å². The summed E-state index contributed by atoms with van der Waals surface area (Å²) in [5.41, 5.74) is -0.500. The zero-order valence-corrected chi connectivity index (χ0v) is 11.7. The minimum atomic E-state index is -1.75. The van der Waals surface area contributed by atoms with Crippen molar-refractivity contribution in [2.75, 3.05) is 13.7 Å². The molecule has 8 nitrogen and oxygen atoms in total. The number of nitriles is 1. The van der Waals surface area contributed by atoms with E-state index >= 15 is 0 Å². The van der Waals surface area contributed by atoms with Gasteiger partial charge in [-0.05, 0) is 17.7 Å². The number of hydrogen-bond acceptors (Lipinski definition) is 5. The van der Waals surface area contributed by atoms with Crippen LogP contribution in [-0.4, -0.2) is 41.9 Å².